The second kappa shape index (κ2) is 3.23. The van der Waals surface area contributed by atoms with Crippen molar-refractivity contribution in [1.82, 2.24) is 5.32 Å². The zero-order valence-electron chi connectivity index (χ0n) is 7.81. The standard InChI is InChI=1S/C11H13NO.ClH/c13-11-6-9(11)7-12-10(11)8-4-2-1-3-5-8;/h1-5,9-10,12-13H,6-7H2;1H/t9?,10-,11-;/m0./s1. The Balaban J connectivity index is 0.000000750. The summed E-state index contributed by atoms with van der Waals surface area (Å²) in [6, 6.07) is 10.4. The van der Waals surface area contributed by atoms with Crippen LogP contribution in [-0.2, 0) is 0 Å². The second-order valence-electron chi connectivity index (χ2n) is 4.14. The fourth-order valence-electron chi connectivity index (χ4n) is 2.43. The summed E-state index contributed by atoms with van der Waals surface area (Å²) in [6.07, 6.45) is 0.972. The van der Waals surface area contributed by atoms with Crippen LogP contribution >= 0.6 is 12.4 Å². The van der Waals surface area contributed by atoms with Crippen molar-refractivity contribution >= 4 is 12.4 Å². The number of nitrogens with one attached hydrogen (secondary N) is 1. The Bertz CT molecular complexity index is 327. The summed E-state index contributed by atoms with van der Waals surface area (Å²) in [7, 11) is 0. The highest BCUT2D eigenvalue weighted by molar-refractivity contribution is 5.85. The molecule has 2 fully saturated rings. The molecule has 2 N–H and O–H groups in total. The molecule has 1 aliphatic heterocycles. The third-order valence-electron chi connectivity index (χ3n) is 3.32. The third-order valence-corrected chi connectivity index (χ3v) is 3.32. The van der Waals surface area contributed by atoms with E-state index in [2.05, 4.69) is 17.4 Å². The second-order valence-corrected chi connectivity index (χ2v) is 4.14. The van der Waals surface area contributed by atoms with Crippen molar-refractivity contribution in [3.05, 3.63) is 35.9 Å². The van der Waals surface area contributed by atoms with Crippen LogP contribution in [0.3, 0.4) is 0 Å². The van der Waals surface area contributed by atoms with E-state index in [-0.39, 0.29) is 18.4 Å². The molecule has 3 atom stereocenters. The quantitative estimate of drug-likeness (QED) is 0.738. The first-order chi connectivity index (χ1) is 6.31. The van der Waals surface area contributed by atoms with Crippen molar-refractivity contribution in [2.75, 3.05) is 6.54 Å². The van der Waals surface area contributed by atoms with Crippen molar-refractivity contribution in [2.45, 2.75) is 18.1 Å². The Morgan fingerprint density at radius 3 is 2.50 bits per heavy atom. The lowest BCUT2D eigenvalue weighted by Gasteiger charge is -2.18. The lowest BCUT2D eigenvalue weighted by molar-refractivity contribution is 0.116. The normalized spacial score (nSPS) is 38.6. The van der Waals surface area contributed by atoms with Crippen LogP contribution in [0, 0.1) is 5.92 Å². The summed E-state index contributed by atoms with van der Waals surface area (Å²) in [6.45, 7) is 0.968. The van der Waals surface area contributed by atoms with Gasteiger partial charge in [0, 0.05) is 12.5 Å². The zero-order valence-corrected chi connectivity index (χ0v) is 8.63. The van der Waals surface area contributed by atoms with Crippen molar-refractivity contribution in [3.8, 4) is 0 Å². The first kappa shape index (κ1) is 9.97. The minimum atomic E-state index is -0.429. The Kier molecular flexibility index (Phi) is 2.30. The zero-order chi connectivity index (χ0) is 8.89. The van der Waals surface area contributed by atoms with Crippen LogP contribution in [0.15, 0.2) is 30.3 Å². The highest BCUT2D eigenvalue weighted by Gasteiger charge is 2.62. The maximum absolute atomic E-state index is 10.1. The maximum atomic E-state index is 10.1. The molecule has 0 spiro atoms. The molecule has 1 unspecified atom stereocenters. The van der Waals surface area contributed by atoms with Gasteiger partial charge in [0.1, 0.15) is 0 Å². The summed E-state index contributed by atoms with van der Waals surface area (Å²) in [5.74, 6) is 0.498. The fraction of sp³-hybridized carbons (Fsp3) is 0.455. The molecule has 14 heavy (non-hydrogen) atoms. The average Bonchev–Trinajstić information content (AvgIpc) is 2.71. The minimum Gasteiger partial charge on any atom is -0.388 e. The highest BCUT2D eigenvalue weighted by atomic mass is 35.5. The van der Waals surface area contributed by atoms with Gasteiger partial charge in [-0.1, -0.05) is 30.3 Å². The number of hydrogen-bond acceptors (Lipinski definition) is 2. The van der Waals surface area contributed by atoms with Crippen molar-refractivity contribution in [2.24, 2.45) is 5.92 Å². The summed E-state index contributed by atoms with van der Waals surface area (Å²) >= 11 is 0. The number of hydrogen-bond donors (Lipinski definition) is 2. The van der Waals surface area contributed by atoms with Gasteiger partial charge in [-0.25, -0.2) is 0 Å². The number of rotatable bonds is 1. The average molecular weight is 212 g/mol. The fourth-order valence-corrected chi connectivity index (χ4v) is 2.43. The molecule has 2 nitrogen and oxygen atoms in total. The van der Waals surface area contributed by atoms with Gasteiger partial charge < -0.3 is 10.4 Å². The van der Waals surface area contributed by atoms with Gasteiger partial charge in [-0.15, -0.1) is 12.4 Å². The van der Waals surface area contributed by atoms with Crippen molar-refractivity contribution < 1.29 is 5.11 Å². The number of fused-ring (bicyclic) bond motifs is 1. The largest absolute Gasteiger partial charge is 0.388 e. The van der Waals surface area contributed by atoms with Crippen molar-refractivity contribution in [1.29, 1.82) is 0 Å². The van der Waals surface area contributed by atoms with Crippen LogP contribution in [0.25, 0.3) is 0 Å². The highest BCUT2D eigenvalue weighted by Crippen LogP contribution is 2.55. The predicted octanol–water partition coefficient (Wildman–Crippen LogP) is 1.50. The number of benzene rings is 1. The summed E-state index contributed by atoms with van der Waals surface area (Å²) < 4.78 is 0. The van der Waals surface area contributed by atoms with Gasteiger partial charge in [-0.2, -0.15) is 0 Å². The molecule has 1 aromatic rings. The first-order valence-electron chi connectivity index (χ1n) is 4.81. The lowest BCUT2D eigenvalue weighted by atomic mass is 10.0. The van der Waals surface area contributed by atoms with Crippen LogP contribution in [0.2, 0.25) is 0 Å². The molecule has 0 amide bonds. The molecule has 0 bridgehead atoms. The topological polar surface area (TPSA) is 32.3 Å². The van der Waals surface area contributed by atoms with E-state index in [1.165, 1.54) is 5.56 Å². The molecular formula is C11H14ClNO. The maximum Gasteiger partial charge on any atom is 0.0886 e. The van der Waals surface area contributed by atoms with Gasteiger partial charge in [0.15, 0.2) is 0 Å². The van der Waals surface area contributed by atoms with E-state index in [0.29, 0.717) is 5.92 Å². The molecule has 0 aromatic heterocycles. The van der Waals surface area contributed by atoms with E-state index in [1.54, 1.807) is 0 Å². The molecule has 1 saturated carbocycles. The van der Waals surface area contributed by atoms with E-state index >= 15 is 0 Å². The molecule has 1 saturated heterocycles. The van der Waals surface area contributed by atoms with E-state index in [9.17, 15) is 5.11 Å². The van der Waals surface area contributed by atoms with E-state index in [1.807, 2.05) is 18.2 Å². The van der Waals surface area contributed by atoms with Crippen LogP contribution in [0.1, 0.15) is 18.0 Å². The molecule has 0 radical (unpaired) electrons. The summed E-state index contributed by atoms with van der Waals surface area (Å²) in [5.41, 5.74) is 0.784. The first-order valence-corrected chi connectivity index (χ1v) is 4.81. The third kappa shape index (κ3) is 1.26. The van der Waals surface area contributed by atoms with Gasteiger partial charge in [-0.3, -0.25) is 0 Å². The molecule has 1 heterocycles. The van der Waals surface area contributed by atoms with Crippen LogP contribution in [0.5, 0.6) is 0 Å². The Morgan fingerprint density at radius 2 is 2.00 bits per heavy atom. The van der Waals surface area contributed by atoms with Gasteiger partial charge in [0.05, 0.1) is 11.6 Å². The van der Waals surface area contributed by atoms with Crippen LogP contribution in [0.4, 0.5) is 0 Å². The molecule has 1 aliphatic carbocycles. The number of aliphatic hydroxyl groups is 1. The van der Waals surface area contributed by atoms with Gasteiger partial charge in [-0.05, 0) is 12.0 Å². The van der Waals surface area contributed by atoms with Gasteiger partial charge in [0.2, 0.25) is 0 Å². The van der Waals surface area contributed by atoms with Gasteiger partial charge >= 0.3 is 0 Å². The number of piperidine rings is 1. The molecule has 76 valence electrons. The van der Waals surface area contributed by atoms with E-state index in [4.69, 9.17) is 0 Å². The Labute approximate surface area is 89.7 Å². The molecule has 3 heteroatoms. The smallest absolute Gasteiger partial charge is 0.0886 e. The van der Waals surface area contributed by atoms with Gasteiger partial charge in [0.25, 0.3) is 0 Å². The Morgan fingerprint density at radius 1 is 1.29 bits per heavy atom. The summed E-state index contributed by atoms with van der Waals surface area (Å²) in [5, 5.41) is 13.5. The summed E-state index contributed by atoms with van der Waals surface area (Å²) in [4.78, 5) is 0. The Hall–Kier alpha value is -0.570. The SMILES string of the molecule is Cl.O[C@@]12CC1CN[C@H]2c1ccccc1. The molecular weight excluding hydrogens is 198 g/mol. The number of halogens is 1. The lowest BCUT2D eigenvalue weighted by Crippen LogP contribution is -2.26. The molecule has 1 aromatic carbocycles. The van der Waals surface area contributed by atoms with E-state index in [0.717, 1.165) is 13.0 Å². The molecule has 3 rings (SSSR count). The minimum absolute atomic E-state index is 0. The molecule has 2 aliphatic rings. The monoisotopic (exact) mass is 211 g/mol. The van der Waals surface area contributed by atoms with Crippen LogP contribution < -0.4 is 5.32 Å². The van der Waals surface area contributed by atoms with Crippen molar-refractivity contribution in [3.63, 3.8) is 0 Å². The predicted molar refractivity (Wildman–Crippen MR) is 57.5 cm³/mol. The van der Waals surface area contributed by atoms with E-state index < -0.39 is 5.60 Å². The van der Waals surface area contributed by atoms with Crippen LogP contribution in [-0.4, -0.2) is 17.3 Å².